The first kappa shape index (κ1) is 15.6. The van der Waals surface area contributed by atoms with Crippen LogP contribution in [0, 0.1) is 0 Å². The van der Waals surface area contributed by atoms with Gasteiger partial charge in [0.2, 0.25) is 0 Å². The highest BCUT2D eigenvalue weighted by Gasteiger charge is 2.43. The van der Waals surface area contributed by atoms with Crippen LogP contribution in [0.25, 0.3) is 0 Å². The summed E-state index contributed by atoms with van der Waals surface area (Å²) >= 11 is 0. The largest absolute Gasteiger partial charge is 0.494 e. The summed E-state index contributed by atoms with van der Waals surface area (Å²) in [5.74, 6) is 1.99. The van der Waals surface area contributed by atoms with Gasteiger partial charge in [0.15, 0.2) is 0 Å². The third-order valence-electron chi connectivity index (χ3n) is 4.83. The van der Waals surface area contributed by atoms with Crippen LogP contribution in [0.2, 0.25) is 0 Å². The van der Waals surface area contributed by atoms with Gasteiger partial charge in [0.05, 0.1) is 6.61 Å². The van der Waals surface area contributed by atoms with E-state index in [1.54, 1.807) is 0 Å². The predicted molar refractivity (Wildman–Crippen MR) is 88.7 cm³/mol. The quantitative estimate of drug-likeness (QED) is 0.848. The lowest BCUT2D eigenvalue weighted by molar-refractivity contribution is 0.0287. The maximum atomic E-state index is 6.40. The Bertz CT molecular complexity index is 510. The zero-order valence-corrected chi connectivity index (χ0v) is 14.0. The van der Waals surface area contributed by atoms with E-state index in [9.17, 15) is 0 Å². The van der Waals surface area contributed by atoms with Crippen molar-refractivity contribution in [1.82, 2.24) is 10.2 Å². The molecule has 1 N–H and O–H groups in total. The van der Waals surface area contributed by atoms with Crippen molar-refractivity contribution in [3.8, 4) is 11.5 Å². The molecule has 0 saturated carbocycles. The molecule has 2 aliphatic heterocycles. The van der Waals surface area contributed by atoms with Gasteiger partial charge in [0.25, 0.3) is 0 Å². The number of nitrogens with zero attached hydrogens (tertiary/aromatic N) is 1. The van der Waals surface area contributed by atoms with Gasteiger partial charge in [-0.25, -0.2) is 0 Å². The maximum Gasteiger partial charge on any atom is 0.125 e. The first-order chi connectivity index (χ1) is 10.6. The summed E-state index contributed by atoms with van der Waals surface area (Å²) in [4.78, 5) is 2.30. The van der Waals surface area contributed by atoms with E-state index in [-0.39, 0.29) is 5.60 Å². The normalized spacial score (nSPS) is 27.0. The van der Waals surface area contributed by atoms with Crippen LogP contribution in [-0.2, 0) is 0 Å². The van der Waals surface area contributed by atoms with E-state index < -0.39 is 0 Å². The summed E-state index contributed by atoms with van der Waals surface area (Å²) in [6.07, 6.45) is 4.38. The Morgan fingerprint density at radius 3 is 2.95 bits per heavy atom. The van der Waals surface area contributed by atoms with Crippen molar-refractivity contribution in [2.75, 3.05) is 33.8 Å². The summed E-state index contributed by atoms with van der Waals surface area (Å²) in [6.45, 7) is 4.97. The van der Waals surface area contributed by atoms with Crippen molar-refractivity contribution in [3.63, 3.8) is 0 Å². The molecule has 4 nitrogen and oxygen atoms in total. The lowest BCUT2D eigenvalue weighted by Crippen LogP contribution is -2.45. The minimum Gasteiger partial charge on any atom is -0.494 e. The Balaban J connectivity index is 1.85. The molecule has 2 heterocycles. The van der Waals surface area contributed by atoms with Gasteiger partial charge in [-0.2, -0.15) is 0 Å². The van der Waals surface area contributed by atoms with Gasteiger partial charge in [-0.05, 0) is 45.3 Å². The molecule has 2 unspecified atom stereocenters. The SMILES string of the molecule is CCCCOc1ccc2c(c1)C(N(C)C)CC1(CCNC1)O2. The maximum absolute atomic E-state index is 6.40. The molecular formula is C18H28N2O2. The van der Waals surface area contributed by atoms with Gasteiger partial charge in [0.1, 0.15) is 17.1 Å². The van der Waals surface area contributed by atoms with E-state index in [0.29, 0.717) is 6.04 Å². The summed E-state index contributed by atoms with van der Waals surface area (Å²) in [6, 6.07) is 6.69. The lowest BCUT2D eigenvalue weighted by atomic mass is 9.86. The summed E-state index contributed by atoms with van der Waals surface area (Å²) < 4.78 is 12.3. The molecule has 3 rings (SSSR count). The monoisotopic (exact) mass is 304 g/mol. The van der Waals surface area contributed by atoms with Crippen molar-refractivity contribution in [1.29, 1.82) is 0 Å². The second-order valence-corrected chi connectivity index (χ2v) is 6.80. The molecule has 1 spiro atoms. The summed E-state index contributed by atoms with van der Waals surface area (Å²) in [5, 5.41) is 3.45. The number of ether oxygens (including phenoxy) is 2. The molecule has 0 bridgehead atoms. The molecule has 2 atom stereocenters. The molecule has 4 heteroatoms. The summed E-state index contributed by atoms with van der Waals surface area (Å²) in [5.41, 5.74) is 1.23. The highest BCUT2D eigenvalue weighted by molar-refractivity contribution is 5.44. The molecule has 0 aromatic heterocycles. The first-order valence-corrected chi connectivity index (χ1v) is 8.46. The van der Waals surface area contributed by atoms with Crippen LogP contribution >= 0.6 is 0 Å². The van der Waals surface area contributed by atoms with Gasteiger partial charge >= 0.3 is 0 Å². The Morgan fingerprint density at radius 2 is 2.27 bits per heavy atom. The van der Waals surface area contributed by atoms with Crippen LogP contribution in [0.15, 0.2) is 18.2 Å². The summed E-state index contributed by atoms with van der Waals surface area (Å²) in [7, 11) is 4.31. The number of rotatable bonds is 5. The van der Waals surface area contributed by atoms with Gasteiger partial charge in [0, 0.05) is 31.0 Å². The smallest absolute Gasteiger partial charge is 0.125 e. The van der Waals surface area contributed by atoms with Crippen LogP contribution in [0.3, 0.4) is 0 Å². The number of hydrogen-bond donors (Lipinski definition) is 1. The topological polar surface area (TPSA) is 33.7 Å². The molecule has 2 aliphatic rings. The molecular weight excluding hydrogens is 276 g/mol. The highest BCUT2D eigenvalue weighted by atomic mass is 16.5. The van der Waals surface area contributed by atoms with Gasteiger partial charge in [-0.15, -0.1) is 0 Å². The average Bonchev–Trinajstić information content (AvgIpc) is 2.95. The molecule has 122 valence electrons. The van der Waals surface area contributed by atoms with E-state index in [4.69, 9.17) is 9.47 Å². The second-order valence-electron chi connectivity index (χ2n) is 6.80. The third kappa shape index (κ3) is 3.08. The lowest BCUT2D eigenvalue weighted by Gasteiger charge is -2.42. The Labute approximate surface area is 133 Å². The molecule has 1 aromatic rings. The number of fused-ring (bicyclic) bond motifs is 1. The van der Waals surface area contributed by atoms with E-state index in [1.165, 1.54) is 5.56 Å². The molecule has 0 radical (unpaired) electrons. The predicted octanol–water partition coefficient (Wildman–Crippen LogP) is 2.98. The standard InChI is InChI=1S/C18H28N2O2/c1-4-5-10-21-14-6-7-17-15(11-14)16(20(2)3)12-18(22-17)8-9-19-13-18/h6-7,11,16,19H,4-5,8-10,12-13H2,1-3H3. The van der Waals surface area contributed by atoms with E-state index in [1.807, 2.05) is 6.07 Å². The van der Waals surface area contributed by atoms with Gasteiger partial charge in [-0.1, -0.05) is 13.3 Å². The zero-order valence-electron chi connectivity index (χ0n) is 14.0. The number of unbranched alkanes of at least 4 members (excludes halogenated alkanes) is 1. The van der Waals surface area contributed by atoms with Crippen LogP contribution in [0.5, 0.6) is 11.5 Å². The van der Waals surface area contributed by atoms with Crippen molar-refractivity contribution < 1.29 is 9.47 Å². The van der Waals surface area contributed by atoms with Crippen molar-refractivity contribution in [3.05, 3.63) is 23.8 Å². The number of nitrogens with one attached hydrogen (secondary N) is 1. The molecule has 0 amide bonds. The van der Waals surface area contributed by atoms with Crippen molar-refractivity contribution >= 4 is 0 Å². The van der Waals surface area contributed by atoms with E-state index >= 15 is 0 Å². The zero-order chi connectivity index (χ0) is 15.6. The molecule has 1 saturated heterocycles. The van der Waals surface area contributed by atoms with Gasteiger partial charge < -0.3 is 19.7 Å². The van der Waals surface area contributed by atoms with Gasteiger partial charge in [-0.3, -0.25) is 0 Å². The van der Waals surface area contributed by atoms with Crippen LogP contribution in [0.1, 0.15) is 44.2 Å². The minimum absolute atomic E-state index is 0.0352. The third-order valence-corrected chi connectivity index (χ3v) is 4.83. The van der Waals surface area contributed by atoms with Crippen molar-refractivity contribution in [2.45, 2.75) is 44.2 Å². The second kappa shape index (κ2) is 6.47. The average molecular weight is 304 g/mol. The van der Waals surface area contributed by atoms with Crippen LogP contribution in [-0.4, -0.2) is 44.3 Å². The highest BCUT2D eigenvalue weighted by Crippen LogP contribution is 2.45. The molecule has 22 heavy (non-hydrogen) atoms. The minimum atomic E-state index is -0.0352. The van der Waals surface area contributed by atoms with Crippen LogP contribution < -0.4 is 14.8 Å². The van der Waals surface area contributed by atoms with Crippen molar-refractivity contribution in [2.24, 2.45) is 0 Å². The Kier molecular flexibility index (Phi) is 4.59. The Morgan fingerprint density at radius 1 is 1.41 bits per heavy atom. The number of hydrogen-bond acceptors (Lipinski definition) is 4. The van der Waals surface area contributed by atoms with E-state index in [0.717, 1.165) is 56.9 Å². The van der Waals surface area contributed by atoms with E-state index in [2.05, 4.69) is 43.4 Å². The fraction of sp³-hybridized carbons (Fsp3) is 0.667. The first-order valence-electron chi connectivity index (χ1n) is 8.46. The molecule has 1 fully saturated rings. The fourth-order valence-corrected chi connectivity index (χ4v) is 3.48. The Hall–Kier alpha value is -1.26. The molecule has 1 aromatic carbocycles. The fourth-order valence-electron chi connectivity index (χ4n) is 3.48. The number of benzene rings is 1. The van der Waals surface area contributed by atoms with Crippen LogP contribution in [0.4, 0.5) is 0 Å². The molecule has 0 aliphatic carbocycles.